The van der Waals surface area contributed by atoms with Crippen LogP contribution in [0.4, 0.5) is 0 Å². The van der Waals surface area contributed by atoms with Crippen molar-refractivity contribution in [3.8, 4) is 0 Å². The molecular formula is C25H40B2O4S2. The van der Waals surface area contributed by atoms with Crippen LogP contribution in [0.2, 0.25) is 0 Å². The van der Waals surface area contributed by atoms with Gasteiger partial charge in [0, 0.05) is 25.0 Å². The van der Waals surface area contributed by atoms with Crippen molar-refractivity contribution in [1.82, 2.24) is 0 Å². The predicted octanol–water partition coefficient (Wildman–Crippen LogP) is 4.97. The Morgan fingerprint density at radius 1 is 1.15 bits per heavy atom. The lowest BCUT2D eigenvalue weighted by Gasteiger charge is -2.57. The summed E-state index contributed by atoms with van der Waals surface area (Å²) in [5.41, 5.74) is 2.45. The summed E-state index contributed by atoms with van der Waals surface area (Å²) in [6.07, 6.45) is 11.8. The van der Waals surface area contributed by atoms with Crippen LogP contribution in [0.5, 0.6) is 0 Å². The molecule has 7 atom stereocenters. The Bertz CT molecular complexity index is 811. The zero-order valence-corrected chi connectivity index (χ0v) is 22.2. The molecule has 0 spiro atoms. The van der Waals surface area contributed by atoms with E-state index >= 15 is 0 Å². The number of allylic oxidation sites excluding steroid dienone is 3. The fourth-order valence-electron chi connectivity index (χ4n) is 7.29. The van der Waals surface area contributed by atoms with Crippen LogP contribution in [-0.2, 0) is 13.1 Å². The van der Waals surface area contributed by atoms with Gasteiger partial charge in [0.2, 0.25) is 14.2 Å². The molecule has 2 unspecified atom stereocenters. The molecule has 4 aliphatic rings. The molecule has 4 nitrogen and oxygen atoms in total. The Labute approximate surface area is 214 Å². The average Bonchev–Trinajstić information content (AvgIpc) is 3.14. The van der Waals surface area contributed by atoms with E-state index in [1.807, 2.05) is 13.8 Å². The van der Waals surface area contributed by atoms with Gasteiger partial charge in [-0.15, -0.1) is 0 Å². The van der Waals surface area contributed by atoms with Crippen LogP contribution in [0.25, 0.3) is 0 Å². The standard InChI is InChI=1S/C25H40B2O4S2/c1-23(2,28)11-12-29-15-17-6-8-20-19-7-5-16-13-18(30-32-26)14-22(31-33-27)25(16,4)21(19)9-10-24(17,20)3/h5,7,17-18,20-22,26-28H,6,8-15H2,1-4H3/t17-,18-,20?,21?,22+,24-,25+/m1/s1/i26T,27T. The van der Waals surface area contributed by atoms with Crippen LogP contribution in [0, 0.1) is 28.6 Å². The third-order valence-corrected chi connectivity index (χ3v) is 10.1. The molecule has 0 aromatic carbocycles. The van der Waals surface area contributed by atoms with Gasteiger partial charge in [-0.25, -0.2) is 0 Å². The Morgan fingerprint density at radius 2 is 1.94 bits per heavy atom. The van der Waals surface area contributed by atoms with Gasteiger partial charge in [0.05, 0.1) is 17.8 Å². The molecule has 0 amide bonds. The SMILES string of the molecule is [3H][B]SO[C@@H]1CC2=CC=C3C4CC[C@H](COCCC(C)(C)O)[C@@]4(C)CCC3[C@@]2(C)[C@@H](OS[B][3H])C1. The second kappa shape index (κ2) is 10.3. The molecule has 182 valence electrons. The third-order valence-electron chi connectivity index (χ3n) is 9.34. The fraction of sp³-hybridized carbons (Fsp3) is 0.840. The van der Waals surface area contributed by atoms with Crippen molar-refractivity contribution >= 4 is 38.0 Å². The van der Waals surface area contributed by atoms with Crippen molar-refractivity contribution in [3.05, 3.63) is 23.3 Å². The Hall–Kier alpha value is 0.150. The van der Waals surface area contributed by atoms with E-state index in [0.717, 1.165) is 49.7 Å². The van der Waals surface area contributed by atoms with Gasteiger partial charge in [-0.3, -0.25) is 0 Å². The average molecular weight is 494 g/mol. The maximum absolute atomic E-state index is 9.99. The maximum atomic E-state index is 9.99. The molecule has 0 aromatic heterocycles. The first-order chi connectivity index (χ1) is 16.6. The fourth-order valence-corrected chi connectivity index (χ4v) is 8.01. The topological polar surface area (TPSA) is 47.9 Å². The number of fused-ring (bicyclic) bond motifs is 5. The van der Waals surface area contributed by atoms with Crippen LogP contribution < -0.4 is 0 Å². The van der Waals surface area contributed by atoms with E-state index in [9.17, 15) is 5.11 Å². The van der Waals surface area contributed by atoms with Gasteiger partial charge in [-0.05, 0) is 78.2 Å². The second-order valence-electron chi connectivity index (χ2n) is 11.6. The van der Waals surface area contributed by atoms with Crippen LogP contribution in [0.1, 0.15) is 72.6 Å². The van der Waals surface area contributed by atoms with E-state index in [1.54, 1.807) is 5.57 Å². The lowest BCUT2D eigenvalue weighted by atomic mass is 9.50. The maximum Gasteiger partial charge on any atom is 0.209 e. The highest BCUT2D eigenvalue weighted by atomic mass is 32.2. The molecule has 1 N–H and O–H groups in total. The highest BCUT2D eigenvalue weighted by Gasteiger charge is 2.59. The molecule has 3 fully saturated rings. The highest BCUT2D eigenvalue weighted by molar-refractivity contribution is 8.16. The summed E-state index contributed by atoms with van der Waals surface area (Å²) >= 11 is 2.21. The molecule has 0 aliphatic heterocycles. The van der Waals surface area contributed by atoms with Crippen LogP contribution in [0.15, 0.2) is 23.3 Å². The van der Waals surface area contributed by atoms with Gasteiger partial charge in [0.15, 0.2) is 0 Å². The molecule has 4 rings (SSSR count). The smallest absolute Gasteiger partial charge is 0.209 e. The van der Waals surface area contributed by atoms with Crippen molar-refractivity contribution in [2.75, 3.05) is 13.2 Å². The third kappa shape index (κ3) is 5.04. The summed E-state index contributed by atoms with van der Waals surface area (Å²) in [4.78, 5) is 0. The van der Waals surface area contributed by atoms with Crippen LogP contribution in [0.3, 0.4) is 0 Å². The van der Waals surface area contributed by atoms with Gasteiger partial charge in [0.1, 0.15) is 0 Å². The normalized spacial score (nSPS) is 41.1. The summed E-state index contributed by atoms with van der Waals surface area (Å²) in [7, 11) is 2.50. The van der Waals surface area contributed by atoms with Gasteiger partial charge < -0.3 is 18.2 Å². The van der Waals surface area contributed by atoms with Gasteiger partial charge in [-0.2, -0.15) is 0 Å². The lowest BCUT2D eigenvalue weighted by molar-refractivity contribution is -0.0327. The number of aliphatic hydroxyl groups is 1. The molecule has 33 heavy (non-hydrogen) atoms. The molecule has 0 aromatic rings. The van der Waals surface area contributed by atoms with Crippen molar-refractivity contribution in [2.24, 2.45) is 28.6 Å². The molecule has 0 bridgehead atoms. The molecule has 3 saturated carbocycles. The largest absolute Gasteiger partial charge is 0.390 e. The summed E-state index contributed by atoms with van der Waals surface area (Å²) in [6.45, 7) is 9.93. The summed E-state index contributed by atoms with van der Waals surface area (Å²) in [5, 5.41) is 9.99. The minimum atomic E-state index is -0.677. The van der Waals surface area contributed by atoms with E-state index in [0.29, 0.717) is 30.8 Å². The zero-order valence-electron chi connectivity index (χ0n) is 22.5. The summed E-state index contributed by atoms with van der Waals surface area (Å²) in [6, 6.07) is 0. The Kier molecular flexibility index (Phi) is 7.32. The number of rotatable bonds is 11. The molecule has 0 heterocycles. The van der Waals surface area contributed by atoms with E-state index in [1.165, 1.54) is 39.0 Å². The first-order valence-electron chi connectivity index (χ1n) is 13.5. The van der Waals surface area contributed by atoms with Gasteiger partial charge in [0.25, 0.3) is 0 Å². The van der Waals surface area contributed by atoms with Crippen molar-refractivity contribution in [2.45, 2.75) is 90.4 Å². The first-order valence-corrected chi connectivity index (χ1v) is 14.0. The van der Waals surface area contributed by atoms with Crippen molar-refractivity contribution in [3.63, 3.8) is 0 Å². The minimum Gasteiger partial charge on any atom is -0.390 e. The monoisotopic (exact) mass is 494 g/mol. The molecule has 0 saturated heterocycles. The van der Waals surface area contributed by atoms with Crippen molar-refractivity contribution in [1.29, 1.82) is 2.67 Å². The van der Waals surface area contributed by atoms with E-state index in [4.69, 9.17) is 15.8 Å². The quantitative estimate of drug-likeness (QED) is 0.249. The molecular weight excluding hydrogens is 450 g/mol. The van der Waals surface area contributed by atoms with E-state index in [-0.39, 0.29) is 23.0 Å². The predicted molar refractivity (Wildman–Crippen MR) is 142 cm³/mol. The Balaban J connectivity index is 1.51. The summed E-state index contributed by atoms with van der Waals surface area (Å²) in [5.74, 6) is 1.57. The highest BCUT2D eigenvalue weighted by Crippen LogP contribution is 2.65. The first kappa shape index (κ1) is 23.5. The van der Waals surface area contributed by atoms with Crippen LogP contribution >= 0.6 is 23.8 Å². The molecule has 2 radical (unpaired) electrons. The minimum absolute atomic E-state index is 0.0120. The van der Waals surface area contributed by atoms with Gasteiger partial charge >= 0.3 is 0 Å². The summed E-state index contributed by atoms with van der Waals surface area (Å²) < 4.78 is 33.0. The Morgan fingerprint density at radius 3 is 2.70 bits per heavy atom. The molecule has 4 aliphatic carbocycles. The zero-order chi connectivity index (χ0) is 25.3. The lowest BCUT2D eigenvalue weighted by Crippen LogP contribution is -2.53. The van der Waals surface area contributed by atoms with E-state index in [2.05, 4.69) is 26.0 Å². The number of hydrogen-bond acceptors (Lipinski definition) is 6. The molecule has 8 heteroatoms. The second-order valence-corrected chi connectivity index (χ2v) is 12.4. The number of ether oxygens (including phenoxy) is 1. The van der Waals surface area contributed by atoms with Crippen molar-refractivity contribution < 1.29 is 18.2 Å². The van der Waals surface area contributed by atoms with E-state index < -0.39 is 5.60 Å². The number of hydrogen-bond donors (Lipinski definition) is 1. The van der Waals surface area contributed by atoms with Gasteiger partial charge in [-0.1, -0.05) is 60.9 Å². The van der Waals surface area contributed by atoms with Crippen LogP contribution in [-0.4, -0.2) is 53.0 Å².